The number of hydrogen-bond acceptors (Lipinski definition) is 5. The van der Waals surface area contributed by atoms with Gasteiger partial charge in [-0.05, 0) is 39.0 Å². The van der Waals surface area contributed by atoms with Crippen molar-refractivity contribution in [3.63, 3.8) is 0 Å². The summed E-state index contributed by atoms with van der Waals surface area (Å²) in [4.78, 5) is 11.7. The van der Waals surface area contributed by atoms with Crippen molar-refractivity contribution in [1.29, 1.82) is 0 Å². The van der Waals surface area contributed by atoms with E-state index in [1.165, 1.54) is 0 Å². The summed E-state index contributed by atoms with van der Waals surface area (Å²) in [5, 5.41) is 3.44. The van der Waals surface area contributed by atoms with Gasteiger partial charge in [0.15, 0.2) is 0 Å². The van der Waals surface area contributed by atoms with Crippen molar-refractivity contribution < 1.29 is 19.0 Å². The van der Waals surface area contributed by atoms with Gasteiger partial charge in [-0.2, -0.15) is 0 Å². The summed E-state index contributed by atoms with van der Waals surface area (Å²) in [6.07, 6.45) is 6.99. The van der Waals surface area contributed by atoms with Gasteiger partial charge in [0.25, 0.3) is 0 Å². The van der Waals surface area contributed by atoms with E-state index in [1.807, 2.05) is 6.92 Å². The highest BCUT2D eigenvalue weighted by Gasteiger charge is 2.29. The van der Waals surface area contributed by atoms with Crippen LogP contribution in [-0.4, -0.2) is 50.6 Å². The molecule has 0 spiro atoms. The maximum atomic E-state index is 11.7. The van der Waals surface area contributed by atoms with Crippen molar-refractivity contribution in [3.05, 3.63) is 12.7 Å². The average molecular weight is 311 g/mol. The molecule has 2 atom stereocenters. The lowest BCUT2D eigenvalue weighted by molar-refractivity contribution is -0.150. The molecule has 1 heterocycles. The van der Waals surface area contributed by atoms with Crippen LogP contribution in [0, 0.1) is 5.92 Å². The van der Waals surface area contributed by atoms with Crippen LogP contribution in [0.3, 0.4) is 0 Å². The first kappa shape index (κ1) is 17.4. The van der Waals surface area contributed by atoms with Crippen molar-refractivity contribution in [2.75, 3.05) is 26.4 Å². The summed E-state index contributed by atoms with van der Waals surface area (Å²) < 4.78 is 16.8. The third kappa shape index (κ3) is 5.38. The minimum Gasteiger partial charge on any atom is -0.466 e. The van der Waals surface area contributed by atoms with E-state index < -0.39 is 0 Å². The van der Waals surface area contributed by atoms with Gasteiger partial charge in [0.2, 0.25) is 0 Å². The second kappa shape index (κ2) is 9.28. The lowest BCUT2D eigenvalue weighted by Gasteiger charge is -2.28. The second-order valence-corrected chi connectivity index (χ2v) is 6.14. The Balaban J connectivity index is 1.59. The molecule has 0 radical (unpaired) electrons. The van der Waals surface area contributed by atoms with Crippen LogP contribution in [0.25, 0.3) is 0 Å². The number of ether oxygens (including phenoxy) is 3. The lowest BCUT2D eigenvalue weighted by Crippen LogP contribution is -2.32. The zero-order valence-corrected chi connectivity index (χ0v) is 13.6. The highest BCUT2D eigenvalue weighted by molar-refractivity contribution is 5.72. The quantitative estimate of drug-likeness (QED) is 0.549. The highest BCUT2D eigenvalue weighted by atomic mass is 16.5. The van der Waals surface area contributed by atoms with Gasteiger partial charge in [-0.15, -0.1) is 6.58 Å². The Bertz CT molecular complexity index is 353. The van der Waals surface area contributed by atoms with Crippen molar-refractivity contribution in [3.8, 4) is 0 Å². The van der Waals surface area contributed by atoms with E-state index in [0.29, 0.717) is 19.3 Å². The predicted octanol–water partition coefficient (Wildman–Crippen LogP) is 2.06. The van der Waals surface area contributed by atoms with Crippen LogP contribution < -0.4 is 5.32 Å². The number of esters is 1. The Labute approximate surface area is 133 Å². The normalized spacial score (nSPS) is 31.9. The molecular weight excluding hydrogens is 282 g/mol. The summed E-state index contributed by atoms with van der Waals surface area (Å²) in [6.45, 7) is 8.21. The van der Waals surface area contributed by atoms with Gasteiger partial charge in [0.05, 0.1) is 37.9 Å². The predicted molar refractivity (Wildman–Crippen MR) is 84.7 cm³/mol. The molecule has 22 heavy (non-hydrogen) atoms. The maximum Gasteiger partial charge on any atom is 0.308 e. The fourth-order valence-corrected chi connectivity index (χ4v) is 3.22. The molecule has 126 valence electrons. The zero-order valence-electron chi connectivity index (χ0n) is 13.6. The van der Waals surface area contributed by atoms with Gasteiger partial charge >= 0.3 is 5.97 Å². The van der Waals surface area contributed by atoms with Crippen LogP contribution >= 0.6 is 0 Å². The number of carbonyl (C=O) groups excluding carboxylic acids is 1. The van der Waals surface area contributed by atoms with Crippen LogP contribution in [0.4, 0.5) is 0 Å². The molecule has 2 rings (SSSR count). The molecule has 2 fully saturated rings. The molecule has 5 heteroatoms. The summed E-state index contributed by atoms with van der Waals surface area (Å²) in [7, 11) is 0. The first-order valence-corrected chi connectivity index (χ1v) is 8.47. The van der Waals surface area contributed by atoms with E-state index in [2.05, 4.69) is 11.9 Å². The first-order chi connectivity index (χ1) is 10.7. The third-order valence-electron chi connectivity index (χ3n) is 4.46. The highest BCUT2D eigenvalue weighted by Crippen LogP contribution is 2.27. The first-order valence-electron chi connectivity index (χ1n) is 8.47. The molecule has 0 aromatic heterocycles. The second-order valence-electron chi connectivity index (χ2n) is 6.14. The maximum absolute atomic E-state index is 11.7. The molecule has 0 bridgehead atoms. The smallest absolute Gasteiger partial charge is 0.308 e. The van der Waals surface area contributed by atoms with E-state index in [9.17, 15) is 4.79 Å². The average Bonchev–Trinajstić information content (AvgIpc) is 2.99. The molecule has 0 aromatic carbocycles. The Hall–Kier alpha value is -0.910. The van der Waals surface area contributed by atoms with E-state index in [1.54, 1.807) is 6.08 Å². The van der Waals surface area contributed by atoms with Crippen molar-refractivity contribution in [1.82, 2.24) is 5.32 Å². The molecule has 1 saturated heterocycles. The molecule has 1 saturated carbocycles. The van der Waals surface area contributed by atoms with Crippen LogP contribution in [0.2, 0.25) is 0 Å². The Kier molecular flexibility index (Phi) is 7.36. The van der Waals surface area contributed by atoms with Crippen molar-refractivity contribution in [2.24, 2.45) is 5.92 Å². The van der Waals surface area contributed by atoms with Crippen molar-refractivity contribution in [2.45, 2.75) is 57.3 Å². The lowest BCUT2D eigenvalue weighted by atomic mass is 9.87. The number of hydrogen-bond donors (Lipinski definition) is 1. The Morgan fingerprint density at radius 1 is 1.23 bits per heavy atom. The van der Waals surface area contributed by atoms with E-state index in [-0.39, 0.29) is 24.1 Å². The summed E-state index contributed by atoms with van der Waals surface area (Å²) in [6, 6.07) is 0.373. The SMILES string of the molecule is C=CCO[C@@H]1CN[C@H](COC2CCC(C(=O)OCC)CC2)C1. The standard InChI is InChI=1S/C17H29NO4/c1-3-9-21-16-10-14(18-11-16)12-22-15-7-5-13(6-8-15)17(19)20-4-2/h3,13-16,18H,1,4-12H2,2H3/t13?,14-,15?,16-/m0/s1. The number of nitrogens with one attached hydrogen (secondary N) is 1. The van der Waals surface area contributed by atoms with Gasteiger partial charge in [-0.3, -0.25) is 4.79 Å². The summed E-state index contributed by atoms with van der Waals surface area (Å²) in [5.41, 5.74) is 0. The summed E-state index contributed by atoms with van der Waals surface area (Å²) in [5.74, 6) is 0.0294. The zero-order chi connectivity index (χ0) is 15.8. The largest absolute Gasteiger partial charge is 0.466 e. The molecule has 1 aliphatic heterocycles. The van der Waals surface area contributed by atoms with Crippen molar-refractivity contribution >= 4 is 5.97 Å². The molecule has 5 nitrogen and oxygen atoms in total. The minimum absolute atomic E-state index is 0.0411. The van der Waals surface area contributed by atoms with E-state index >= 15 is 0 Å². The molecule has 1 N–H and O–H groups in total. The molecule has 0 aromatic rings. The molecule has 1 aliphatic carbocycles. The van der Waals surface area contributed by atoms with Crippen LogP contribution in [-0.2, 0) is 19.0 Å². The minimum atomic E-state index is -0.0411. The topological polar surface area (TPSA) is 56.8 Å². The third-order valence-corrected chi connectivity index (χ3v) is 4.46. The fourth-order valence-electron chi connectivity index (χ4n) is 3.22. The summed E-state index contributed by atoms with van der Waals surface area (Å²) >= 11 is 0. The van der Waals surface area contributed by atoms with Gasteiger partial charge in [-0.25, -0.2) is 0 Å². The van der Waals surface area contributed by atoms with Gasteiger partial charge in [0, 0.05) is 12.6 Å². The Morgan fingerprint density at radius 3 is 2.68 bits per heavy atom. The van der Waals surface area contributed by atoms with Crippen LogP contribution in [0.15, 0.2) is 12.7 Å². The van der Waals surface area contributed by atoms with E-state index in [4.69, 9.17) is 14.2 Å². The van der Waals surface area contributed by atoms with Crippen LogP contribution in [0.5, 0.6) is 0 Å². The molecule has 2 aliphatic rings. The van der Waals surface area contributed by atoms with Crippen LogP contribution in [0.1, 0.15) is 39.0 Å². The molecular formula is C17H29NO4. The van der Waals surface area contributed by atoms with Gasteiger partial charge in [-0.1, -0.05) is 6.08 Å². The monoisotopic (exact) mass is 311 g/mol. The molecule has 0 unspecified atom stereocenters. The number of carbonyl (C=O) groups is 1. The number of rotatable bonds is 8. The van der Waals surface area contributed by atoms with E-state index in [0.717, 1.165) is 45.3 Å². The fraction of sp³-hybridized carbons (Fsp3) is 0.824. The van der Waals surface area contributed by atoms with Gasteiger partial charge in [0.1, 0.15) is 0 Å². The van der Waals surface area contributed by atoms with Gasteiger partial charge < -0.3 is 19.5 Å². The Morgan fingerprint density at radius 2 is 2.00 bits per heavy atom. The molecule has 0 amide bonds.